The second-order valence-electron chi connectivity index (χ2n) is 5.87. The summed E-state index contributed by atoms with van der Waals surface area (Å²) in [6.07, 6.45) is 3.24. The van der Waals surface area contributed by atoms with Crippen LogP contribution in [0.5, 0.6) is 0 Å². The predicted molar refractivity (Wildman–Crippen MR) is 88.7 cm³/mol. The van der Waals surface area contributed by atoms with Gasteiger partial charge in [0.25, 0.3) is 5.56 Å². The van der Waals surface area contributed by atoms with Crippen LogP contribution in [0.1, 0.15) is 24.5 Å². The smallest absolute Gasteiger partial charge is 0.267 e. The SMILES string of the molecule is CS(=O)(=O)c1ccc(NC(=O)Cn2nc(C3CC3)ccc2=O)cc1. The van der Waals surface area contributed by atoms with Crippen LogP contribution in [-0.4, -0.2) is 30.4 Å². The molecule has 3 rings (SSSR count). The highest BCUT2D eigenvalue weighted by atomic mass is 32.2. The quantitative estimate of drug-likeness (QED) is 0.875. The Bertz CT molecular complexity index is 929. The first kappa shape index (κ1) is 16.4. The topological polar surface area (TPSA) is 98.1 Å². The summed E-state index contributed by atoms with van der Waals surface area (Å²) >= 11 is 0. The fourth-order valence-corrected chi connectivity index (χ4v) is 2.93. The van der Waals surface area contributed by atoms with E-state index in [9.17, 15) is 18.0 Å². The summed E-state index contributed by atoms with van der Waals surface area (Å²) < 4.78 is 24.0. The summed E-state index contributed by atoms with van der Waals surface area (Å²) in [4.78, 5) is 24.1. The van der Waals surface area contributed by atoms with Crippen LogP contribution in [0.15, 0.2) is 46.1 Å². The Morgan fingerprint density at radius 1 is 1.21 bits per heavy atom. The maximum absolute atomic E-state index is 12.1. The molecule has 8 heteroatoms. The molecular weight excluding hydrogens is 330 g/mol. The number of amides is 1. The Balaban J connectivity index is 1.69. The Labute approximate surface area is 139 Å². The molecule has 0 saturated heterocycles. The molecule has 1 aromatic carbocycles. The lowest BCUT2D eigenvalue weighted by atomic mass is 10.3. The number of benzene rings is 1. The molecule has 1 aliphatic rings. The van der Waals surface area contributed by atoms with Crippen LogP contribution in [0, 0.1) is 0 Å². The predicted octanol–water partition coefficient (Wildman–Crippen LogP) is 1.16. The first-order chi connectivity index (χ1) is 11.3. The Morgan fingerprint density at radius 3 is 2.46 bits per heavy atom. The van der Waals surface area contributed by atoms with Crippen LogP contribution < -0.4 is 10.9 Å². The van der Waals surface area contributed by atoms with Crippen molar-refractivity contribution in [3.63, 3.8) is 0 Å². The van der Waals surface area contributed by atoms with Crippen LogP contribution in [0.4, 0.5) is 5.69 Å². The molecule has 1 aliphatic carbocycles. The molecule has 1 amide bonds. The summed E-state index contributed by atoms with van der Waals surface area (Å²) in [7, 11) is -3.28. The average molecular weight is 347 g/mol. The van der Waals surface area contributed by atoms with Crippen molar-refractivity contribution in [3.05, 3.63) is 52.4 Å². The van der Waals surface area contributed by atoms with Crippen molar-refractivity contribution in [2.24, 2.45) is 0 Å². The summed E-state index contributed by atoms with van der Waals surface area (Å²) in [5.41, 5.74) is 0.959. The number of carbonyl (C=O) groups excluding carboxylic acids is 1. The number of sulfone groups is 1. The van der Waals surface area contributed by atoms with Crippen LogP contribution in [-0.2, 0) is 21.2 Å². The summed E-state index contributed by atoms with van der Waals surface area (Å²) in [6.45, 7) is -0.187. The minimum Gasteiger partial charge on any atom is -0.324 e. The van der Waals surface area contributed by atoms with Gasteiger partial charge >= 0.3 is 0 Å². The van der Waals surface area contributed by atoms with Gasteiger partial charge < -0.3 is 5.32 Å². The molecule has 126 valence electrons. The standard InChI is InChI=1S/C16H17N3O4S/c1-24(22,23)13-6-4-12(5-7-13)17-15(20)10-19-16(21)9-8-14(18-19)11-2-3-11/h4-9,11H,2-3,10H2,1H3,(H,17,20). The number of anilines is 1. The van der Waals surface area contributed by atoms with E-state index in [0.29, 0.717) is 11.6 Å². The van der Waals surface area contributed by atoms with E-state index in [4.69, 9.17) is 0 Å². The molecule has 1 fully saturated rings. The maximum atomic E-state index is 12.1. The average Bonchev–Trinajstić information content (AvgIpc) is 3.34. The zero-order valence-electron chi connectivity index (χ0n) is 13.1. The monoisotopic (exact) mass is 347 g/mol. The van der Waals surface area contributed by atoms with Crippen LogP contribution in [0.3, 0.4) is 0 Å². The van der Waals surface area contributed by atoms with Gasteiger partial charge in [0.1, 0.15) is 6.54 Å². The van der Waals surface area contributed by atoms with Gasteiger partial charge in [-0.25, -0.2) is 13.1 Å². The van der Waals surface area contributed by atoms with Crippen molar-refractivity contribution in [1.82, 2.24) is 9.78 Å². The van der Waals surface area contributed by atoms with Gasteiger partial charge in [-0.1, -0.05) is 0 Å². The van der Waals surface area contributed by atoms with Crippen LogP contribution >= 0.6 is 0 Å². The first-order valence-electron chi connectivity index (χ1n) is 7.51. The second-order valence-corrected chi connectivity index (χ2v) is 7.89. The van der Waals surface area contributed by atoms with Gasteiger partial charge in [0.2, 0.25) is 5.91 Å². The largest absolute Gasteiger partial charge is 0.324 e. The molecule has 7 nitrogen and oxygen atoms in total. The lowest BCUT2D eigenvalue weighted by Crippen LogP contribution is -2.29. The maximum Gasteiger partial charge on any atom is 0.267 e. The molecule has 0 aliphatic heterocycles. The van der Waals surface area contributed by atoms with Gasteiger partial charge in [-0.15, -0.1) is 0 Å². The number of rotatable bonds is 5. The Hall–Kier alpha value is -2.48. The highest BCUT2D eigenvalue weighted by molar-refractivity contribution is 7.90. The summed E-state index contributed by atoms with van der Waals surface area (Å²) in [5.74, 6) is -0.00639. The van der Waals surface area contributed by atoms with E-state index in [-0.39, 0.29) is 17.0 Å². The van der Waals surface area contributed by atoms with Crippen molar-refractivity contribution in [1.29, 1.82) is 0 Å². The number of aromatic nitrogens is 2. The van der Waals surface area contributed by atoms with Gasteiger partial charge in [0, 0.05) is 23.9 Å². The van der Waals surface area contributed by atoms with Crippen molar-refractivity contribution >= 4 is 21.4 Å². The zero-order valence-corrected chi connectivity index (χ0v) is 13.9. The Morgan fingerprint density at radius 2 is 1.88 bits per heavy atom. The van der Waals surface area contributed by atoms with Crippen molar-refractivity contribution < 1.29 is 13.2 Å². The molecule has 1 N–H and O–H groups in total. The van der Waals surface area contributed by atoms with Gasteiger partial charge in [-0.3, -0.25) is 9.59 Å². The molecule has 0 spiro atoms. The third kappa shape index (κ3) is 3.88. The number of hydrogen-bond donors (Lipinski definition) is 1. The molecule has 0 radical (unpaired) electrons. The molecule has 0 atom stereocenters. The normalized spacial score (nSPS) is 14.4. The van der Waals surface area contributed by atoms with E-state index in [2.05, 4.69) is 10.4 Å². The first-order valence-corrected chi connectivity index (χ1v) is 9.40. The minimum absolute atomic E-state index is 0.176. The Kier molecular flexibility index (Phi) is 4.23. The molecule has 24 heavy (non-hydrogen) atoms. The lowest BCUT2D eigenvalue weighted by molar-refractivity contribution is -0.117. The van der Waals surface area contributed by atoms with Gasteiger partial charge in [0.15, 0.2) is 9.84 Å². The fourth-order valence-electron chi connectivity index (χ4n) is 2.30. The van der Waals surface area contributed by atoms with E-state index in [1.54, 1.807) is 6.07 Å². The molecule has 1 heterocycles. The number of nitrogens with one attached hydrogen (secondary N) is 1. The van der Waals surface area contributed by atoms with Crippen LogP contribution in [0.2, 0.25) is 0 Å². The lowest BCUT2D eigenvalue weighted by Gasteiger charge is -2.08. The molecular formula is C16H17N3O4S. The van der Waals surface area contributed by atoms with E-state index in [1.807, 2.05) is 0 Å². The van der Waals surface area contributed by atoms with Gasteiger partial charge in [-0.05, 0) is 43.2 Å². The minimum atomic E-state index is -3.28. The van der Waals surface area contributed by atoms with Gasteiger partial charge in [0.05, 0.1) is 10.6 Å². The molecule has 0 unspecified atom stereocenters. The third-order valence-electron chi connectivity index (χ3n) is 3.74. The summed E-state index contributed by atoms with van der Waals surface area (Å²) in [6, 6.07) is 8.98. The van der Waals surface area contributed by atoms with Crippen molar-refractivity contribution in [3.8, 4) is 0 Å². The van der Waals surface area contributed by atoms with E-state index >= 15 is 0 Å². The van der Waals surface area contributed by atoms with E-state index in [1.165, 1.54) is 30.3 Å². The third-order valence-corrected chi connectivity index (χ3v) is 4.87. The van der Waals surface area contributed by atoms with Gasteiger partial charge in [-0.2, -0.15) is 5.10 Å². The molecule has 1 aromatic heterocycles. The van der Waals surface area contributed by atoms with Crippen LogP contribution in [0.25, 0.3) is 0 Å². The zero-order chi connectivity index (χ0) is 17.3. The molecule has 2 aromatic rings. The van der Waals surface area contributed by atoms with E-state index in [0.717, 1.165) is 29.5 Å². The van der Waals surface area contributed by atoms with Crippen molar-refractivity contribution in [2.45, 2.75) is 30.2 Å². The molecule has 0 bridgehead atoms. The number of nitrogens with zero attached hydrogens (tertiary/aromatic N) is 2. The second kappa shape index (κ2) is 6.20. The van der Waals surface area contributed by atoms with E-state index < -0.39 is 15.7 Å². The fraction of sp³-hybridized carbons (Fsp3) is 0.312. The highest BCUT2D eigenvalue weighted by Gasteiger charge is 2.25. The van der Waals surface area contributed by atoms with Crippen molar-refractivity contribution in [2.75, 3.05) is 11.6 Å². The number of hydrogen-bond acceptors (Lipinski definition) is 5. The summed E-state index contributed by atoms with van der Waals surface area (Å²) in [5, 5.41) is 6.85. The highest BCUT2D eigenvalue weighted by Crippen LogP contribution is 2.38. The molecule has 1 saturated carbocycles. The number of carbonyl (C=O) groups is 1.